The zero-order chi connectivity index (χ0) is 17.4. The van der Waals surface area contributed by atoms with Crippen LogP contribution >= 0.6 is 11.3 Å². The van der Waals surface area contributed by atoms with Crippen molar-refractivity contribution in [2.45, 2.75) is 47.1 Å². The van der Waals surface area contributed by atoms with Gasteiger partial charge in [-0.3, -0.25) is 9.89 Å². The molecule has 0 saturated carbocycles. The fraction of sp³-hybridized carbons (Fsp3) is 0.778. The molecule has 0 amide bonds. The van der Waals surface area contributed by atoms with Gasteiger partial charge in [-0.15, -0.1) is 11.3 Å². The number of aliphatic imine (C=N–C) groups is 1. The number of thiazole rings is 1. The Morgan fingerprint density at radius 3 is 2.71 bits per heavy atom. The molecule has 0 atom stereocenters. The van der Waals surface area contributed by atoms with Crippen LogP contribution in [-0.4, -0.2) is 48.6 Å². The van der Waals surface area contributed by atoms with E-state index in [0.29, 0.717) is 5.92 Å². The molecule has 0 aromatic carbocycles. The molecule has 5 nitrogen and oxygen atoms in total. The Morgan fingerprint density at radius 1 is 1.38 bits per heavy atom. The zero-order valence-electron chi connectivity index (χ0n) is 15.6. The number of aromatic nitrogens is 1. The van der Waals surface area contributed by atoms with Gasteiger partial charge in [-0.2, -0.15) is 0 Å². The molecule has 136 valence electrons. The van der Waals surface area contributed by atoms with Crippen LogP contribution in [-0.2, 0) is 6.54 Å². The standard InChI is InChI=1S/C18H33N5S/c1-5-19-18(20-10-14(2)3)21-11-16-6-8-23(9-7-16)12-17-13-24-15(4)22-17/h13-14,16H,5-12H2,1-4H3,(H2,19,20,21). The molecule has 2 rings (SSSR count). The molecule has 1 aliphatic heterocycles. The first kappa shape index (κ1) is 19.2. The lowest BCUT2D eigenvalue weighted by Crippen LogP contribution is -2.43. The average Bonchev–Trinajstić information content (AvgIpc) is 2.96. The van der Waals surface area contributed by atoms with Gasteiger partial charge in [0.05, 0.1) is 10.7 Å². The highest BCUT2D eigenvalue weighted by Gasteiger charge is 2.20. The van der Waals surface area contributed by atoms with Gasteiger partial charge < -0.3 is 10.6 Å². The topological polar surface area (TPSA) is 52.6 Å². The molecular formula is C18H33N5S. The van der Waals surface area contributed by atoms with Crippen LogP contribution in [0.4, 0.5) is 0 Å². The van der Waals surface area contributed by atoms with Crippen LogP contribution in [0, 0.1) is 18.8 Å². The summed E-state index contributed by atoms with van der Waals surface area (Å²) >= 11 is 1.75. The van der Waals surface area contributed by atoms with E-state index < -0.39 is 0 Å². The van der Waals surface area contributed by atoms with Gasteiger partial charge in [0.25, 0.3) is 0 Å². The summed E-state index contributed by atoms with van der Waals surface area (Å²) in [7, 11) is 0. The number of rotatable bonds is 7. The molecule has 1 aliphatic rings. The number of aryl methyl sites for hydroxylation is 1. The van der Waals surface area contributed by atoms with Gasteiger partial charge in [-0.25, -0.2) is 4.98 Å². The van der Waals surface area contributed by atoms with Crippen molar-refractivity contribution in [3.63, 3.8) is 0 Å². The lowest BCUT2D eigenvalue weighted by atomic mass is 9.97. The Balaban J connectivity index is 1.70. The Labute approximate surface area is 151 Å². The second kappa shape index (κ2) is 9.99. The highest BCUT2D eigenvalue weighted by atomic mass is 32.1. The van der Waals surface area contributed by atoms with Crippen LogP contribution in [0.25, 0.3) is 0 Å². The van der Waals surface area contributed by atoms with Gasteiger partial charge in [-0.05, 0) is 51.6 Å². The van der Waals surface area contributed by atoms with Crippen molar-refractivity contribution in [1.29, 1.82) is 0 Å². The number of hydrogen-bond acceptors (Lipinski definition) is 4. The first-order valence-electron chi connectivity index (χ1n) is 9.22. The minimum atomic E-state index is 0.595. The van der Waals surface area contributed by atoms with Crippen molar-refractivity contribution in [1.82, 2.24) is 20.5 Å². The number of likely N-dealkylation sites (tertiary alicyclic amines) is 1. The molecule has 0 unspecified atom stereocenters. The maximum atomic E-state index is 4.65. The van der Waals surface area contributed by atoms with Crippen molar-refractivity contribution in [2.75, 3.05) is 32.7 Å². The third kappa shape index (κ3) is 6.77. The van der Waals surface area contributed by atoms with E-state index in [1.807, 2.05) is 0 Å². The molecule has 1 saturated heterocycles. The SMILES string of the molecule is CCNC(=NCC(C)C)NCC1CCN(Cc2csc(C)n2)CC1. The van der Waals surface area contributed by atoms with Crippen molar-refractivity contribution in [2.24, 2.45) is 16.8 Å². The van der Waals surface area contributed by atoms with Gasteiger partial charge in [0.1, 0.15) is 0 Å². The molecule has 6 heteroatoms. The lowest BCUT2D eigenvalue weighted by Gasteiger charge is -2.31. The zero-order valence-corrected chi connectivity index (χ0v) is 16.5. The summed E-state index contributed by atoms with van der Waals surface area (Å²) in [4.78, 5) is 11.8. The summed E-state index contributed by atoms with van der Waals surface area (Å²) in [5.74, 6) is 2.30. The maximum absolute atomic E-state index is 4.65. The predicted molar refractivity (Wildman–Crippen MR) is 104 cm³/mol. The van der Waals surface area contributed by atoms with E-state index in [-0.39, 0.29) is 0 Å². The average molecular weight is 352 g/mol. The van der Waals surface area contributed by atoms with Gasteiger partial charge >= 0.3 is 0 Å². The monoisotopic (exact) mass is 351 g/mol. The molecule has 2 N–H and O–H groups in total. The van der Waals surface area contributed by atoms with Crippen molar-refractivity contribution < 1.29 is 0 Å². The summed E-state index contributed by atoms with van der Waals surface area (Å²) in [6.07, 6.45) is 2.50. The molecular weight excluding hydrogens is 318 g/mol. The Morgan fingerprint density at radius 2 is 2.12 bits per heavy atom. The minimum Gasteiger partial charge on any atom is -0.357 e. The summed E-state index contributed by atoms with van der Waals surface area (Å²) in [5.41, 5.74) is 1.23. The summed E-state index contributed by atoms with van der Waals surface area (Å²) in [6, 6.07) is 0. The quantitative estimate of drug-likeness (QED) is 0.586. The van der Waals surface area contributed by atoms with Crippen LogP contribution < -0.4 is 10.6 Å². The van der Waals surface area contributed by atoms with Crippen LogP contribution in [0.3, 0.4) is 0 Å². The second-order valence-corrected chi connectivity index (χ2v) is 8.13. The number of hydrogen-bond donors (Lipinski definition) is 2. The molecule has 2 heterocycles. The van der Waals surface area contributed by atoms with Crippen molar-refractivity contribution in [3.8, 4) is 0 Å². The van der Waals surface area contributed by atoms with E-state index in [1.54, 1.807) is 11.3 Å². The fourth-order valence-electron chi connectivity index (χ4n) is 2.92. The van der Waals surface area contributed by atoms with E-state index >= 15 is 0 Å². The summed E-state index contributed by atoms with van der Waals surface area (Å²) in [5, 5.41) is 10.2. The molecule has 0 aliphatic carbocycles. The number of nitrogens with zero attached hydrogens (tertiary/aromatic N) is 3. The highest BCUT2D eigenvalue weighted by Crippen LogP contribution is 2.19. The van der Waals surface area contributed by atoms with E-state index in [0.717, 1.165) is 38.1 Å². The fourth-order valence-corrected chi connectivity index (χ4v) is 3.52. The molecule has 24 heavy (non-hydrogen) atoms. The van der Waals surface area contributed by atoms with Gasteiger partial charge in [0.15, 0.2) is 5.96 Å². The third-order valence-corrected chi connectivity index (χ3v) is 5.10. The van der Waals surface area contributed by atoms with E-state index in [9.17, 15) is 0 Å². The molecule has 1 aromatic rings. The van der Waals surface area contributed by atoms with Gasteiger partial charge in [0.2, 0.25) is 0 Å². The van der Waals surface area contributed by atoms with Crippen molar-refractivity contribution in [3.05, 3.63) is 16.1 Å². The Kier molecular flexibility index (Phi) is 7.99. The van der Waals surface area contributed by atoms with Crippen LogP contribution in [0.2, 0.25) is 0 Å². The highest BCUT2D eigenvalue weighted by molar-refractivity contribution is 7.09. The maximum Gasteiger partial charge on any atom is 0.191 e. The number of piperidine rings is 1. The van der Waals surface area contributed by atoms with Gasteiger partial charge in [0, 0.05) is 31.6 Å². The largest absolute Gasteiger partial charge is 0.357 e. The number of guanidine groups is 1. The Bertz CT molecular complexity index is 503. The minimum absolute atomic E-state index is 0.595. The summed E-state index contributed by atoms with van der Waals surface area (Å²) < 4.78 is 0. The van der Waals surface area contributed by atoms with E-state index in [1.165, 1.54) is 36.6 Å². The molecule has 0 radical (unpaired) electrons. The van der Waals surface area contributed by atoms with Gasteiger partial charge in [-0.1, -0.05) is 13.8 Å². The Hall–Kier alpha value is -1.14. The normalized spacial score (nSPS) is 17.5. The van der Waals surface area contributed by atoms with Crippen LogP contribution in [0.1, 0.15) is 44.3 Å². The number of nitrogens with one attached hydrogen (secondary N) is 2. The van der Waals surface area contributed by atoms with E-state index in [2.05, 4.69) is 58.6 Å². The lowest BCUT2D eigenvalue weighted by molar-refractivity contribution is 0.176. The molecule has 0 spiro atoms. The molecule has 1 fully saturated rings. The second-order valence-electron chi connectivity index (χ2n) is 7.07. The third-order valence-electron chi connectivity index (χ3n) is 4.28. The van der Waals surface area contributed by atoms with Crippen LogP contribution in [0.5, 0.6) is 0 Å². The molecule has 1 aromatic heterocycles. The predicted octanol–water partition coefficient (Wildman–Crippen LogP) is 2.87. The molecule has 0 bridgehead atoms. The van der Waals surface area contributed by atoms with E-state index in [4.69, 9.17) is 0 Å². The first-order valence-corrected chi connectivity index (χ1v) is 10.1. The van der Waals surface area contributed by atoms with Crippen LogP contribution in [0.15, 0.2) is 10.4 Å². The first-order chi connectivity index (χ1) is 11.6. The smallest absolute Gasteiger partial charge is 0.191 e. The van der Waals surface area contributed by atoms with Crippen molar-refractivity contribution >= 4 is 17.3 Å². The summed E-state index contributed by atoms with van der Waals surface area (Å²) in [6.45, 7) is 14.7.